The largest absolute Gasteiger partial charge is 0.496 e. The topological polar surface area (TPSA) is 51.5 Å². The van der Waals surface area contributed by atoms with Crippen molar-refractivity contribution in [1.82, 2.24) is 0 Å². The van der Waals surface area contributed by atoms with Crippen molar-refractivity contribution >= 4 is 5.90 Å². The minimum Gasteiger partial charge on any atom is -0.496 e. The van der Waals surface area contributed by atoms with Gasteiger partial charge in [-0.05, 0) is 64.7 Å². The van der Waals surface area contributed by atoms with Gasteiger partial charge in [0.05, 0.1) is 14.2 Å². The van der Waals surface area contributed by atoms with Crippen LogP contribution in [-0.4, -0.2) is 26.7 Å². The highest BCUT2D eigenvalue weighted by molar-refractivity contribution is 5.78. The van der Waals surface area contributed by atoms with Crippen LogP contribution < -0.4 is 9.47 Å². The molecule has 1 aromatic rings. The Morgan fingerprint density at radius 1 is 1.05 bits per heavy atom. The van der Waals surface area contributed by atoms with Crippen molar-refractivity contribution in [3.05, 3.63) is 35.4 Å². The smallest absolute Gasteiger partial charge is 0.186 e. The zero-order valence-electron chi connectivity index (χ0n) is 25.8. The van der Waals surface area contributed by atoms with Crippen LogP contribution in [0.2, 0.25) is 0 Å². The molecule has 1 aliphatic rings. The van der Waals surface area contributed by atoms with Gasteiger partial charge in [0.1, 0.15) is 18.1 Å². The van der Waals surface area contributed by atoms with Crippen LogP contribution in [0.1, 0.15) is 118 Å². The molecule has 4 nitrogen and oxygen atoms in total. The zero-order valence-corrected chi connectivity index (χ0v) is 25.8. The lowest BCUT2D eigenvalue weighted by Crippen LogP contribution is -2.48. The van der Waals surface area contributed by atoms with E-state index in [1.54, 1.807) is 14.2 Å². The fourth-order valence-corrected chi connectivity index (χ4v) is 6.10. The first-order valence-electron chi connectivity index (χ1n) is 14.3. The molecule has 0 spiro atoms. The van der Waals surface area contributed by atoms with Gasteiger partial charge in [-0.1, -0.05) is 94.6 Å². The third-order valence-corrected chi connectivity index (χ3v) is 8.96. The lowest BCUT2D eigenvalue weighted by molar-refractivity contribution is -0.0169. The van der Waals surface area contributed by atoms with Crippen molar-refractivity contribution in [3.8, 4) is 11.5 Å². The van der Waals surface area contributed by atoms with Gasteiger partial charge in [-0.25, -0.2) is 0 Å². The number of nitrogens with one attached hydrogen (secondary N) is 1. The van der Waals surface area contributed by atoms with E-state index >= 15 is 0 Å². The van der Waals surface area contributed by atoms with Gasteiger partial charge in [-0.2, -0.15) is 0 Å². The Bertz CT molecular complexity index is 912. The number of hydrogen-bond donors (Lipinski definition) is 1. The Kier molecular flexibility index (Phi) is 10.4. The predicted octanol–water partition coefficient (Wildman–Crippen LogP) is 9.31. The van der Waals surface area contributed by atoms with Crippen LogP contribution in [0.3, 0.4) is 0 Å². The second kappa shape index (κ2) is 12.3. The van der Waals surface area contributed by atoms with Crippen LogP contribution in [0.5, 0.6) is 11.5 Å². The molecule has 0 radical (unpaired) electrons. The molecular formula is C33H55NO3. The maximum Gasteiger partial charge on any atom is 0.186 e. The van der Waals surface area contributed by atoms with Gasteiger partial charge < -0.3 is 14.2 Å². The first-order chi connectivity index (χ1) is 17.1. The summed E-state index contributed by atoms with van der Waals surface area (Å²) in [4.78, 5) is 0. The maximum atomic E-state index is 8.18. The molecule has 0 bridgehead atoms. The van der Waals surface area contributed by atoms with Crippen LogP contribution >= 0.6 is 0 Å². The van der Waals surface area contributed by atoms with Gasteiger partial charge in [0.2, 0.25) is 0 Å². The van der Waals surface area contributed by atoms with Crippen molar-refractivity contribution in [2.75, 3.05) is 20.8 Å². The van der Waals surface area contributed by atoms with Crippen molar-refractivity contribution in [1.29, 1.82) is 5.41 Å². The predicted molar refractivity (Wildman–Crippen MR) is 157 cm³/mol. The number of ether oxygens (including phenoxy) is 3. The molecule has 1 fully saturated rings. The van der Waals surface area contributed by atoms with E-state index in [9.17, 15) is 0 Å². The van der Waals surface area contributed by atoms with Crippen molar-refractivity contribution < 1.29 is 14.2 Å². The molecule has 1 saturated carbocycles. The molecule has 1 aliphatic carbocycles. The van der Waals surface area contributed by atoms with Gasteiger partial charge in [0, 0.05) is 11.0 Å². The normalized spacial score (nSPS) is 20.1. The van der Waals surface area contributed by atoms with Crippen molar-refractivity contribution in [2.45, 2.75) is 112 Å². The Morgan fingerprint density at radius 3 is 2.08 bits per heavy atom. The van der Waals surface area contributed by atoms with Gasteiger partial charge in [0.25, 0.3) is 0 Å². The summed E-state index contributed by atoms with van der Waals surface area (Å²) in [5, 5.41) is 8.18. The van der Waals surface area contributed by atoms with Crippen LogP contribution in [0.25, 0.3) is 0 Å². The van der Waals surface area contributed by atoms with E-state index in [2.05, 4.69) is 60.3 Å². The van der Waals surface area contributed by atoms with E-state index in [4.69, 9.17) is 19.6 Å². The summed E-state index contributed by atoms with van der Waals surface area (Å²) in [7, 11) is 3.56. The standard InChI is InChI=1S/C33H55NO3/c1-13-14-15-16-17-32(7,8)24-18-27(35-11)29(28(19-24)36-12)23(3)26-20-25(33(26,9)10)22(2)21-37-30(34)31(4,5)6/h18-19,23,25-26,34H,2,13-17,20-21H2,1,3-12H3/t23-,25+,26-/m0/s1. The fraction of sp³-hybridized carbons (Fsp3) is 0.727. The highest BCUT2D eigenvalue weighted by atomic mass is 16.5. The second-order valence-electron chi connectivity index (χ2n) is 13.5. The third kappa shape index (κ3) is 7.12. The number of benzene rings is 1. The summed E-state index contributed by atoms with van der Waals surface area (Å²) in [6.07, 6.45) is 7.29. The van der Waals surface area contributed by atoms with E-state index in [1.165, 1.54) is 36.8 Å². The molecule has 0 aliphatic heterocycles. The Hall–Kier alpha value is -1.97. The number of hydrogen-bond acceptors (Lipinski definition) is 4. The number of methoxy groups -OCH3 is 2. The molecule has 3 atom stereocenters. The summed E-state index contributed by atoms with van der Waals surface area (Å²) in [5.74, 6) is 3.29. The Labute approximate surface area is 228 Å². The van der Waals surface area contributed by atoms with Crippen LogP contribution in [0, 0.1) is 28.1 Å². The van der Waals surface area contributed by atoms with E-state index < -0.39 is 0 Å². The van der Waals surface area contributed by atoms with E-state index in [-0.39, 0.29) is 22.2 Å². The van der Waals surface area contributed by atoms with Crippen molar-refractivity contribution in [3.63, 3.8) is 0 Å². The molecule has 210 valence electrons. The molecule has 2 rings (SSSR count). The second-order valence-corrected chi connectivity index (χ2v) is 13.5. The van der Waals surface area contributed by atoms with Crippen LogP contribution in [-0.2, 0) is 10.2 Å². The van der Waals surface area contributed by atoms with Crippen LogP contribution in [0.15, 0.2) is 24.3 Å². The highest BCUT2D eigenvalue weighted by Crippen LogP contribution is 2.61. The summed E-state index contributed by atoms with van der Waals surface area (Å²) < 4.78 is 17.8. The molecule has 0 unspecified atom stereocenters. The molecule has 0 aromatic heterocycles. The summed E-state index contributed by atoms with van der Waals surface area (Å²) in [5.41, 5.74) is 3.39. The molecular weight excluding hydrogens is 458 g/mol. The lowest BCUT2D eigenvalue weighted by atomic mass is 9.49. The molecule has 4 heteroatoms. The van der Waals surface area contributed by atoms with Gasteiger partial charge in [-0.15, -0.1) is 0 Å². The van der Waals surface area contributed by atoms with Gasteiger partial charge >= 0.3 is 0 Å². The molecule has 0 heterocycles. The fourth-order valence-electron chi connectivity index (χ4n) is 6.10. The highest BCUT2D eigenvalue weighted by Gasteiger charge is 2.52. The average Bonchev–Trinajstić information content (AvgIpc) is 2.82. The van der Waals surface area contributed by atoms with E-state index in [1.807, 2.05) is 20.8 Å². The summed E-state index contributed by atoms with van der Waals surface area (Å²) in [6.45, 7) is 24.7. The minimum absolute atomic E-state index is 0.0649. The first-order valence-corrected chi connectivity index (χ1v) is 14.3. The zero-order chi connectivity index (χ0) is 28.2. The van der Waals surface area contributed by atoms with E-state index in [0.29, 0.717) is 24.3 Å². The monoisotopic (exact) mass is 513 g/mol. The quantitative estimate of drug-likeness (QED) is 0.124. The third-order valence-electron chi connectivity index (χ3n) is 8.96. The molecule has 37 heavy (non-hydrogen) atoms. The molecule has 0 saturated heterocycles. The lowest BCUT2D eigenvalue weighted by Gasteiger charge is -2.56. The van der Waals surface area contributed by atoms with Gasteiger partial charge in [-0.3, -0.25) is 5.41 Å². The molecule has 0 amide bonds. The van der Waals surface area contributed by atoms with Crippen molar-refractivity contribution in [2.24, 2.45) is 22.7 Å². The average molecular weight is 514 g/mol. The Morgan fingerprint density at radius 2 is 1.62 bits per heavy atom. The first kappa shape index (κ1) is 31.2. The van der Waals surface area contributed by atoms with Crippen LogP contribution in [0.4, 0.5) is 0 Å². The minimum atomic E-state index is -0.282. The number of rotatable bonds is 13. The SMILES string of the molecule is C=C(COC(=N)C(C)(C)C)[C@H]1C[C@@H]([C@H](C)c2c(OC)cc(C(C)(C)CCCCCC)cc2OC)C1(C)C. The molecule has 1 N–H and O–H groups in total. The summed E-state index contributed by atoms with van der Waals surface area (Å²) >= 11 is 0. The summed E-state index contributed by atoms with van der Waals surface area (Å²) in [6, 6.07) is 4.50. The Balaban J connectivity index is 2.23. The number of unbranched alkanes of at least 4 members (excludes halogenated alkanes) is 3. The maximum absolute atomic E-state index is 8.18. The van der Waals surface area contributed by atoms with Gasteiger partial charge in [0.15, 0.2) is 5.90 Å². The van der Waals surface area contributed by atoms with E-state index in [0.717, 1.165) is 29.9 Å². The molecule has 1 aromatic carbocycles.